The van der Waals surface area contributed by atoms with Gasteiger partial charge in [0.25, 0.3) is 0 Å². The zero-order valence-electron chi connectivity index (χ0n) is 7.89. The van der Waals surface area contributed by atoms with E-state index in [0.717, 1.165) is 8.68 Å². The quantitative estimate of drug-likeness (QED) is 0.803. The van der Waals surface area contributed by atoms with Crippen LogP contribution in [0.2, 0.25) is 0 Å². The molecule has 7 heteroatoms. The smallest absolute Gasteiger partial charge is 0.227 e. The number of primary amides is 1. The summed E-state index contributed by atoms with van der Waals surface area (Å²) in [6, 6.07) is 0. The topological polar surface area (TPSA) is 68.9 Å². The fourth-order valence-electron chi connectivity index (χ4n) is 0.638. The Morgan fingerprint density at radius 3 is 2.71 bits per heavy atom. The highest BCUT2D eigenvalue weighted by molar-refractivity contribution is 8.03. The van der Waals surface area contributed by atoms with Gasteiger partial charge in [-0.3, -0.25) is 4.79 Å². The number of thioether (sulfide) groups is 2. The van der Waals surface area contributed by atoms with Gasteiger partial charge in [0, 0.05) is 5.25 Å². The minimum Gasteiger partial charge on any atom is -0.369 e. The Morgan fingerprint density at radius 2 is 2.14 bits per heavy atom. The molecule has 0 aromatic carbocycles. The molecule has 0 aliphatic carbocycles. The largest absolute Gasteiger partial charge is 0.369 e. The van der Waals surface area contributed by atoms with Gasteiger partial charge in [-0.15, -0.1) is 10.2 Å². The predicted octanol–water partition coefficient (Wildman–Crippen LogP) is 1.62. The zero-order chi connectivity index (χ0) is 10.6. The fraction of sp³-hybridized carbons (Fsp3) is 0.571. The summed E-state index contributed by atoms with van der Waals surface area (Å²) in [5.41, 5.74) is 5.02. The van der Waals surface area contributed by atoms with Crippen molar-refractivity contribution in [2.75, 3.05) is 5.75 Å². The van der Waals surface area contributed by atoms with Crippen molar-refractivity contribution in [3.8, 4) is 0 Å². The van der Waals surface area contributed by atoms with Gasteiger partial charge in [0.2, 0.25) is 5.91 Å². The highest BCUT2D eigenvalue weighted by Crippen LogP contribution is 2.30. The first-order valence-corrected chi connectivity index (χ1v) is 6.67. The van der Waals surface area contributed by atoms with Crippen LogP contribution in [0.3, 0.4) is 0 Å². The normalized spacial score (nSPS) is 10.8. The molecule has 0 aliphatic rings. The number of hydrogen-bond donors (Lipinski definition) is 1. The lowest BCUT2D eigenvalue weighted by Crippen LogP contribution is -2.12. The fourth-order valence-corrected chi connectivity index (χ4v) is 3.62. The molecule has 2 N–H and O–H groups in total. The molecule has 0 atom stereocenters. The lowest BCUT2D eigenvalue weighted by atomic mass is 10.6. The molecular weight excluding hydrogens is 238 g/mol. The van der Waals surface area contributed by atoms with Gasteiger partial charge in [-0.25, -0.2) is 0 Å². The molecule has 1 heterocycles. The van der Waals surface area contributed by atoms with E-state index in [-0.39, 0.29) is 11.7 Å². The molecular formula is C7H11N3OS3. The number of carbonyl (C=O) groups excluding carboxylic acids is 1. The number of nitrogens with zero attached hydrogens (tertiary/aromatic N) is 2. The van der Waals surface area contributed by atoms with E-state index in [1.54, 1.807) is 11.8 Å². The van der Waals surface area contributed by atoms with Gasteiger partial charge in [0.1, 0.15) is 0 Å². The summed E-state index contributed by atoms with van der Waals surface area (Å²) in [6.07, 6.45) is 0. The first-order chi connectivity index (χ1) is 6.58. The SMILES string of the molecule is CC(C)Sc1nnc(SCC(N)=O)s1. The van der Waals surface area contributed by atoms with Crippen LogP contribution in [0.15, 0.2) is 8.68 Å². The van der Waals surface area contributed by atoms with E-state index in [9.17, 15) is 4.79 Å². The van der Waals surface area contributed by atoms with E-state index in [2.05, 4.69) is 24.0 Å². The summed E-state index contributed by atoms with van der Waals surface area (Å²) in [6.45, 7) is 4.20. The van der Waals surface area contributed by atoms with Crippen LogP contribution >= 0.6 is 34.9 Å². The molecule has 1 aromatic heterocycles. The van der Waals surface area contributed by atoms with E-state index in [1.165, 1.54) is 23.1 Å². The average Bonchev–Trinajstić information content (AvgIpc) is 2.47. The minimum absolute atomic E-state index is 0.265. The Hall–Kier alpha value is -0.270. The number of hydrogen-bond acceptors (Lipinski definition) is 6. The molecule has 1 aromatic rings. The van der Waals surface area contributed by atoms with E-state index in [0.29, 0.717) is 5.25 Å². The first-order valence-electron chi connectivity index (χ1n) is 3.99. The standard InChI is InChI=1S/C7H11N3OS3/c1-4(2)13-7-10-9-6(14-7)12-3-5(8)11/h4H,3H2,1-2H3,(H2,8,11). The van der Waals surface area contributed by atoms with Crippen molar-refractivity contribution < 1.29 is 4.79 Å². The van der Waals surface area contributed by atoms with E-state index in [4.69, 9.17) is 5.73 Å². The van der Waals surface area contributed by atoms with Gasteiger partial charge >= 0.3 is 0 Å². The average molecular weight is 249 g/mol. The van der Waals surface area contributed by atoms with Crippen LogP contribution in [0, 0.1) is 0 Å². The van der Waals surface area contributed by atoms with Crippen molar-refractivity contribution in [1.29, 1.82) is 0 Å². The van der Waals surface area contributed by atoms with Crippen molar-refractivity contribution >= 4 is 40.8 Å². The predicted molar refractivity (Wildman–Crippen MR) is 60.8 cm³/mol. The molecule has 0 fully saturated rings. The highest BCUT2D eigenvalue weighted by Gasteiger charge is 2.07. The van der Waals surface area contributed by atoms with Crippen LogP contribution in [-0.2, 0) is 4.79 Å². The number of aromatic nitrogens is 2. The second kappa shape index (κ2) is 5.57. The van der Waals surface area contributed by atoms with Gasteiger partial charge in [-0.2, -0.15) is 0 Å². The van der Waals surface area contributed by atoms with Crippen molar-refractivity contribution in [3.63, 3.8) is 0 Å². The number of rotatable bonds is 5. The maximum atomic E-state index is 10.5. The number of amides is 1. The van der Waals surface area contributed by atoms with Gasteiger partial charge in [-0.05, 0) is 0 Å². The lowest BCUT2D eigenvalue weighted by Gasteiger charge is -1.96. The molecule has 0 saturated carbocycles. The molecule has 0 unspecified atom stereocenters. The first kappa shape index (κ1) is 11.8. The van der Waals surface area contributed by atoms with Crippen LogP contribution in [0.4, 0.5) is 0 Å². The summed E-state index contributed by atoms with van der Waals surface area (Å²) in [5.74, 6) is -0.0655. The van der Waals surface area contributed by atoms with E-state index >= 15 is 0 Å². The molecule has 1 amide bonds. The van der Waals surface area contributed by atoms with Gasteiger partial charge in [-0.1, -0.05) is 48.7 Å². The van der Waals surface area contributed by atoms with Crippen molar-refractivity contribution in [1.82, 2.24) is 10.2 Å². The Morgan fingerprint density at radius 1 is 1.50 bits per heavy atom. The zero-order valence-corrected chi connectivity index (χ0v) is 10.3. The van der Waals surface area contributed by atoms with Crippen molar-refractivity contribution in [2.45, 2.75) is 27.8 Å². The van der Waals surface area contributed by atoms with Crippen LogP contribution in [0.1, 0.15) is 13.8 Å². The molecule has 0 spiro atoms. The molecule has 0 aliphatic heterocycles. The summed E-state index contributed by atoms with van der Waals surface area (Å²) >= 11 is 4.50. The number of carbonyl (C=O) groups is 1. The van der Waals surface area contributed by atoms with Crippen molar-refractivity contribution in [2.24, 2.45) is 5.73 Å². The van der Waals surface area contributed by atoms with Gasteiger partial charge in [0.15, 0.2) is 8.68 Å². The molecule has 14 heavy (non-hydrogen) atoms. The van der Waals surface area contributed by atoms with Crippen LogP contribution in [0.25, 0.3) is 0 Å². The number of nitrogens with two attached hydrogens (primary N) is 1. The Kier molecular flexibility index (Phi) is 4.70. The molecule has 0 radical (unpaired) electrons. The summed E-state index contributed by atoms with van der Waals surface area (Å²) < 4.78 is 1.74. The molecule has 0 bridgehead atoms. The maximum absolute atomic E-state index is 10.5. The van der Waals surface area contributed by atoms with Crippen LogP contribution in [-0.4, -0.2) is 27.1 Å². The maximum Gasteiger partial charge on any atom is 0.227 e. The molecule has 0 saturated heterocycles. The summed E-state index contributed by atoms with van der Waals surface area (Å²) in [7, 11) is 0. The van der Waals surface area contributed by atoms with Crippen LogP contribution < -0.4 is 5.73 Å². The third-order valence-corrected chi connectivity index (χ3v) is 4.23. The van der Waals surface area contributed by atoms with Crippen molar-refractivity contribution in [3.05, 3.63) is 0 Å². The highest BCUT2D eigenvalue weighted by atomic mass is 32.2. The van der Waals surface area contributed by atoms with Gasteiger partial charge in [0.05, 0.1) is 5.75 Å². The third-order valence-electron chi connectivity index (χ3n) is 1.06. The molecule has 1 rings (SSSR count). The van der Waals surface area contributed by atoms with Gasteiger partial charge < -0.3 is 5.73 Å². The summed E-state index contributed by atoms with van der Waals surface area (Å²) in [5, 5.41) is 8.43. The van der Waals surface area contributed by atoms with Crippen LogP contribution in [0.5, 0.6) is 0 Å². The second-order valence-corrected chi connectivity index (χ2v) is 6.78. The third kappa shape index (κ3) is 4.30. The second-order valence-electron chi connectivity index (χ2n) is 2.76. The Balaban J connectivity index is 2.46. The summed E-state index contributed by atoms with van der Waals surface area (Å²) in [4.78, 5) is 10.5. The molecule has 78 valence electrons. The Bertz CT molecular complexity index is 313. The van der Waals surface area contributed by atoms with E-state index < -0.39 is 0 Å². The Labute approximate surface area is 95.1 Å². The van der Waals surface area contributed by atoms with E-state index in [1.807, 2.05) is 0 Å². The minimum atomic E-state index is -0.330. The lowest BCUT2D eigenvalue weighted by molar-refractivity contribution is -0.115. The monoisotopic (exact) mass is 249 g/mol. The molecule has 4 nitrogen and oxygen atoms in total.